The molecule has 0 aromatic heterocycles. The minimum atomic E-state index is -4.69. The molecule has 0 amide bonds. The van der Waals surface area contributed by atoms with Crippen LogP contribution in [0.4, 0.5) is 0 Å². The summed E-state index contributed by atoms with van der Waals surface area (Å²) in [6, 6.07) is 0. The fraction of sp³-hybridized carbons (Fsp3) is 0. The molecule has 0 unspecified atom stereocenters. The van der Waals surface area contributed by atoms with E-state index in [0.29, 0.717) is 0 Å². The van der Waals surface area contributed by atoms with Crippen molar-refractivity contribution in [3.63, 3.8) is 0 Å². The first-order valence-electron chi connectivity index (χ1n) is 1.65. The van der Waals surface area contributed by atoms with Crippen LogP contribution >= 0.6 is 0 Å². The second kappa shape index (κ2) is 89.4. The fourth-order valence-electron chi connectivity index (χ4n) is 0. The Balaban J connectivity index is -0.0000000130. The number of hydrogen-bond acceptors (Lipinski definition) is 4. The van der Waals surface area contributed by atoms with Gasteiger partial charge in [-0.1, -0.05) is 0 Å². The summed E-state index contributed by atoms with van der Waals surface area (Å²) in [5, 5.41) is 0. The largest absolute Gasteiger partial charge is 0.183 e. The Morgan fingerprint density at radius 1 is 0.625 bits per heavy atom. The average Bonchev–Trinajstić information content (AvgIpc) is 2.29. The topological polar surface area (TPSA) is 189 Å². The summed E-state index contributed by atoms with van der Waals surface area (Å²) < 4.78 is 70.2. The Morgan fingerprint density at radius 2 is 0.625 bits per heavy atom. The van der Waals surface area contributed by atoms with Crippen LogP contribution in [0.3, 0.4) is 0 Å². The van der Waals surface area contributed by atoms with Gasteiger partial charge in [0, 0.05) is 17.1 Å². The maximum Gasteiger partial charge on any atom is 0.0777 e. The van der Waals surface area contributed by atoms with Gasteiger partial charge in [0.1, 0.15) is 0 Å². The Kier molecular flexibility index (Phi) is 253. The van der Waals surface area contributed by atoms with Crippen molar-refractivity contribution in [1.82, 2.24) is 0 Å². The normalized spacial score (nSPS) is 4.38. The van der Waals surface area contributed by atoms with E-state index in [4.69, 9.17) is 41.9 Å². The van der Waals surface area contributed by atoms with Crippen molar-refractivity contribution in [2.75, 3.05) is 0 Å². The number of halogens is 1. The van der Waals surface area contributed by atoms with E-state index in [1.165, 1.54) is 0 Å². The van der Waals surface area contributed by atoms with Gasteiger partial charge in [0.15, 0.2) is 0 Å². The molecule has 11 heteroatoms. The van der Waals surface area contributed by atoms with E-state index in [1.807, 2.05) is 0 Å². The molecule has 1 radical (unpaired) electrons. The van der Waals surface area contributed by atoms with Crippen molar-refractivity contribution in [1.29, 1.82) is 0 Å². The molecule has 0 aromatic carbocycles. The summed E-state index contributed by atoms with van der Waals surface area (Å²) in [5.41, 5.74) is 0. The third-order valence-corrected chi connectivity index (χ3v) is 0. The van der Waals surface area contributed by atoms with Crippen LogP contribution in [0.1, 0.15) is 0 Å². The fourth-order valence-corrected chi connectivity index (χ4v) is 0. The molecule has 0 spiro atoms. The van der Waals surface area contributed by atoms with Gasteiger partial charge in [-0.2, -0.15) is 14.0 Å². The van der Waals surface area contributed by atoms with Gasteiger partial charge in [-0.05, 0) is 0 Å². The van der Waals surface area contributed by atoms with Gasteiger partial charge in [0.2, 0.25) is 0 Å². The van der Waals surface area contributed by atoms with Crippen LogP contribution in [0.15, 0.2) is 0 Å². The van der Waals surface area contributed by atoms with Crippen LogP contribution in [0.5, 0.6) is 0 Å². The van der Waals surface area contributed by atoms with Gasteiger partial charge in [-0.3, -0.25) is 0 Å². The Labute approximate surface area is 103 Å². The Hall–Kier alpha value is -0.651. The zero-order valence-electron chi connectivity index (χ0n) is 6.97. The summed E-state index contributed by atoms with van der Waals surface area (Å²) >= 11 is 0. The summed E-state index contributed by atoms with van der Waals surface area (Å²) in [6.45, 7) is 22.5. The zero-order valence-corrected chi connectivity index (χ0v) is 8.91. The Bertz CT molecular complexity index is 134. The molecule has 0 bridgehead atoms. The predicted molar refractivity (Wildman–Crippen MR) is 21.9 cm³/mol. The molecule has 0 heterocycles. The van der Waals surface area contributed by atoms with E-state index < -0.39 is 10.2 Å². The molecule has 0 rings (SSSR count). The van der Waals surface area contributed by atoms with Crippen molar-refractivity contribution in [3.8, 4) is 0 Å². The first kappa shape index (κ1) is 45.3. The van der Waals surface area contributed by atoms with Crippen LogP contribution in [-0.2, 0) is 40.3 Å². The molecule has 0 aliphatic carbocycles. The first-order valence-corrected chi connectivity index (χ1v) is 2.92. The second-order valence-electron chi connectivity index (χ2n) is 0.396. The summed E-state index contributed by atoms with van der Waals surface area (Å²) in [6.07, 6.45) is 0. The monoisotopic (exact) mass is 295 g/mol. The van der Waals surface area contributed by atoms with Gasteiger partial charge in [-0.15, -0.1) is 0 Å². The molecular weight excluding hydrogens is 294 g/mol. The van der Waals surface area contributed by atoms with E-state index >= 15 is 0 Å². The molecule has 0 aliphatic rings. The Morgan fingerprint density at radius 3 is 0.625 bits per heavy atom. The van der Waals surface area contributed by atoms with Gasteiger partial charge in [-0.25, -0.2) is 0 Å². The van der Waals surface area contributed by atoms with Crippen molar-refractivity contribution in [2.45, 2.75) is 0 Å². The average molecular weight is 295 g/mol. The van der Waals surface area contributed by atoms with Gasteiger partial charge in [0.05, 0.1) is 14.9 Å². The molecule has 0 atom stereocenters. The molecule has 1 N–H and O–H groups in total. The molecule has 0 saturated heterocycles. The standard InChI is InChI=1S/5CO.ClHO4.Mn/c5*1-2;2-1(3,4)5;/h;;;;;(H,2,3,4,5);. The first-order chi connectivity index (χ1) is 7.00. The minimum absolute atomic E-state index is 0. The summed E-state index contributed by atoms with van der Waals surface area (Å²) in [4.78, 5) is 0. The summed E-state index contributed by atoms with van der Waals surface area (Å²) in [7, 11) is -4.69. The van der Waals surface area contributed by atoms with Crippen LogP contribution in [0.2, 0.25) is 0 Å². The van der Waals surface area contributed by atoms with Gasteiger partial charge < -0.3 is 0 Å². The summed E-state index contributed by atoms with van der Waals surface area (Å²) in [5.74, 6) is 0. The molecule has 0 aromatic rings. The molecule has 16 heavy (non-hydrogen) atoms. The van der Waals surface area contributed by atoms with Crippen molar-refractivity contribution >= 4 is 0 Å². The van der Waals surface area contributed by atoms with Crippen molar-refractivity contribution in [3.05, 3.63) is 33.3 Å². The van der Waals surface area contributed by atoms with E-state index in [2.05, 4.69) is 33.3 Å². The minimum Gasteiger partial charge on any atom is -0.183 e. The van der Waals surface area contributed by atoms with Gasteiger partial charge in [0.25, 0.3) is 0 Å². The number of rotatable bonds is 0. The van der Waals surface area contributed by atoms with Crippen LogP contribution in [0, 0.1) is 43.5 Å². The molecule has 9 nitrogen and oxygen atoms in total. The quantitative estimate of drug-likeness (QED) is 0.269. The van der Waals surface area contributed by atoms with E-state index in [9.17, 15) is 0 Å². The van der Waals surface area contributed by atoms with E-state index in [1.54, 1.807) is 0 Å². The second-order valence-corrected chi connectivity index (χ2v) is 1.19. The van der Waals surface area contributed by atoms with Gasteiger partial charge >= 0.3 is 56.5 Å². The third kappa shape index (κ3) is 4810. The van der Waals surface area contributed by atoms with E-state index in [0.717, 1.165) is 0 Å². The molecule has 0 fully saturated rings. The maximum absolute atomic E-state index is 8.60. The smallest absolute Gasteiger partial charge is 0.0777 e. The molecule has 89 valence electrons. The maximum atomic E-state index is 8.60. The predicted octanol–water partition coefficient (Wildman–Crippen LogP) is -4.31. The van der Waals surface area contributed by atoms with Crippen molar-refractivity contribution < 1.29 is 69.2 Å². The molecule has 0 saturated carbocycles. The molecular formula is C5HClMnO9. The van der Waals surface area contributed by atoms with Crippen LogP contribution < -0.4 is 14.0 Å². The van der Waals surface area contributed by atoms with Crippen LogP contribution in [0.25, 0.3) is 0 Å². The SMILES string of the molecule is [C-]#[O+].[C-]#[O+].[C-]#[O+].[C-]#[O+].[C-]#[O+].[Mn].[O-][Cl+3]([O-])([O-])O. The third-order valence-electron chi connectivity index (χ3n) is 0. The zero-order chi connectivity index (χ0) is 14.5. The van der Waals surface area contributed by atoms with Crippen LogP contribution in [-0.4, -0.2) is 4.66 Å². The number of hydrogen-bond donors (Lipinski definition) is 1. The molecule has 0 aliphatic heterocycles. The van der Waals surface area contributed by atoms with E-state index in [-0.39, 0.29) is 17.1 Å². The van der Waals surface area contributed by atoms with Crippen molar-refractivity contribution in [2.24, 2.45) is 0 Å².